The summed E-state index contributed by atoms with van der Waals surface area (Å²) in [6, 6.07) is 5.56. The van der Waals surface area contributed by atoms with Crippen LogP contribution in [0.15, 0.2) is 22.7 Å². The summed E-state index contributed by atoms with van der Waals surface area (Å²) in [6.45, 7) is 0.563. The second-order valence-electron chi connectivity index (χ2n) is 4.91. The summed E-state index contributed by atoms with van der Waals surface area (Å²) >= 11 is 2.99. The summed E-state index contributed by atoms with van der Waals surface area (Å²) in [4.78, 5) is 13.7. The van der Waals surface area contributed by atoms with Crippen LogP contribution < -0.4 is 0 Å². The van der Waals surface area contributed by atoms with Gasteiger partial charge in [0.05, 0.1) is 23.1 Å². The first-order valence-electron chi connectivity index (χ1n) is 6.38. The predicted molar refractivity (Wildman–Crippen MR) is 73.4 cm³/mol. The first-order chi connectivity index (χ1) is 9.82. The highest BCUT2D eigenvalue weighted by Gasteiger charge is 2.37. The molecule has 112 valence electrons. The fourth-order valence-corrected chi connectivity index (χ4v) is 2.74. The van der Waals surface area contributed by atoms with Crippen molar-refractivity contribution in [3.8, 4) is 6.07 Å². The van der Waals surface area contributed by atoms with Crippen molar-refractivity contribution in [2.24, 2.45) is 5.92 Å². The fraction of sp³-hybridized carbons (Fsp3) is 0.429. The number of alkyl halides is 3. The lowest BCUT2D eigenvalue weighted by Gasteiger charge is -2.30. The Labute approximate surface area is 128 Å². The van der Waals surface area contributed by atoms with E-state index >= 15 is 0 Å². The summed E-state index contributed by atoms with van der Waals surface area (Å²) in [5.74, 6) is -0.984. The van der Waals surface area contributed by atoms with Crippen LogP contribution >= 0.6 is 15.9 Å². The quantitative estimate of drug-likeness (QED) is 0.763. The van der Waals surface area contributed by atoms with Crippen molar-refractivity contribution < 1.29 is 18.0 Å². The Morgan fingerprint density at radius 3 is 2.76 bits per heavy atom. The van der Waals surface area contributed by atoms with E-state index in [1.807, 2.05) is 0 Å². The summed E-state index contributed by atoms with van der Waals surface area (Å²) < 4.78 is 39.4. The van der Waals surface area contributed by atoms with Crippen LogP contribution in [0.3, 0.4) is 0 Å². The van der Waals surface area contributed by atoms with Gasteiger partial charge in [-0.15, -0.1) is 0 Å². The van der Waals surface area contributed by atoms with E-state index in [1.165, 1.54) is 17.0 Å². The number of hydrogen-bond donors (Lipinski definition) is 0. The largest absolute Gasteiger partial charge is 0.417 e. The third-order valence-electron chi connectivity index (χ3n) is 3.41. The molecule has 1 fully saturated rings. The molecule has 0 radical (unpaired) electrons. The molecule has 3 nitrogen and oxygen atoms in total. The van der Waals surface area contributed by atoms with Crippen LogP contribution in [-0.2, 0) is 6.18 Å². The molecule has 0 saturated carbocycles. The number of halogens is 4. The molecule has 0 spiro atoms. The molecule has 1 aliphatic heterocycles. The molecule has 1 atom stereocenters. The van der Waals surface area contributed by atoms with Crippen molar-refractivity contribution >= 4 is 21.8 Å². The van der Waals surface area contributed by atoms with Gasteiger partial charge in [0.15, 0.2) is 0 Å². The van der Waals surface area contributed by atoms with Crippen molar-refractivity contribution in [3.63, 3.8) is 0 Å². The number of piperidine rings is 1. The molecule has 1 unspecified atom stereocenters. The van der Waals surface area contributed by atoms with Crippen LogP contribution in [-0.4, -0.2) is 23.9 Å². The van der Waals surface area contributed by atoms with E-state index in [0.717, 1.165) is 6.07 Å². The number of amides is 1. The first-order valence-corrected chi connectivity index (χ1v) is 7.18. The maximum Gasteiger partial charge on any atom is 0.417 e. The Hall–Kier alpha value is -1.55. The molecule has 1 aromatic carbocycles. The van der Waals surface area contributed by atoms with E-state index in [9.17, 15) is 18.0 Å². The third kappa shape index (κ3) is 3.56. The summed E-state index contributed by atoms with van der Waals surface area (Å²) in [5, 5.41) is 8.91. The highest BCUT2D eigenvalue weighted by molar-refractivity contribution is 9.10. The summed E-state index contributed by atoms with van der Waals surface area (Å²) in [6.07, 6.45) is -3.30. The number of nitrogens with zero attached hydrogens (tertiary/aromatic N) is 2. The number of carbonyl (C=O) groups excluding carboxylic acids is 1. The highest BCUT2D eigenvalue weighted by Crippen LogP contribution is 2.34. The molecule has 1 saturated heterocycles. The van der Waals surface area contributed by atoms with Crippen molar-refractivity contribution in [1.29, 1.82) is 5.26 Å². The van der Waals surface area contributed by atoms with E-state index in [-0.39, 0.29) is 22.5 Å². The number of carbonyl (C=O) groups is 1. The topological polar surface area (TPSA) is 44.1 Å². The van der Waals surface area contributed by atoms with Crippen molar-refractivity contribution in [1.82, 2.24) is 4.90 Å². The van der Waals surface area contributed by atoms with Crippen LogP contribution in [0.4, 0.5) is 13.2 Å². The molecule has 1 aliphatic rings. The number of rotatable bonds is 1. The van der Waals surface area contributed by atoms with Gasteiger partial charge in [0.2, 0.25) is 0 Å². The van der Waals surface area contributed by atoms with Gasteiger partial charge in [-0.1, -0.05) is 15.9 Å². The molecule has 0 aliphatic carbocycles. The van der Waals surface area contributed by atoms with E-state index < -0.39 is 17.6 Å². The van der Waals surface area contributed by atoms with Crippen LogP contribution in [0.1, 0.15) is 28.8 Å². The number of benzene rings is 1. The molecule has 2 rings (SSSR count). The van der Waals surface area contributed by atoms with Crippen LogP contribution in [0, 0.1) is 17.2 Å². The molecule has 1 aromatic rings. The minimum absolute atomic E-state index is 0.183. The molecule has 1 heterocycles. The molecular weight excluding hydrogens is 349 g/mol. The number of nitriles is 1. The smallest absolute Gasteiger partial charge is 0.337 e. The SMILES string of the molecule is N#CC1CCCN(C(=O)c2ccc(Br)cc2C(F)(F)F)C1. The lowest BCUT2D eigenvalue weighted by Crippen LogP contribution is -2.40. The standard InChI is InChI=1S/C14H12BrF3N2O/c15-10-3-4-11(12(6-10)14(16,17)18)13(21)20-5-1-2-9(7-19)8-20/h3-4,6,9H,1-2,5,8H2. The number of hydrogen-bond acceptors (Lipinski definition) is 2. The third-order valence-corrected chi connectivity index (χ3v) is 3.90. The molecule has 1 amide bonds. The van der Waals surface area contributed by atoms with E-state index in [0.29, 0.717) is 19.4 Å². The molecular formula is C14H12BrF3N2O. The van der Waals surface area contributed by atoms with Crippen LogP contribution in [0.25, 0.3) is 0 Å². The molecule has 0 aromatic heterocycles. The Kier molecular flexibility index (Phi) is 4.57. The lowest BCUT2D eigenvalue weighted by atomic mass is 9.98. The summed E-state index contributed by atoms with van der Waals surface area (Å²) in [7, 11) is 0. The molecule has 0 bridgehead atoms. The van der Waals surface area contributed by atoms with E-state index in [2.05, 4.69) is 22.0 Å². The Bertz CT molecular complexity index is 595. The normalized spacial score (nSPS) is 19.2. The van der Waals surface area contributed by atoms with Gasteiger partial charge >= 0.3 is 6.18 Å². The highest BCUT2D eigenvalue weighted by atomic mass is 79.9. The fourth-order valence-electron chi connectivity index (χ4n) is 2.37. The monoisotopic (exact) mass is 360 g/mol. The van der Waals surface area contributed by atoms with Gasteiger partial charge in [0.1, 0.15) is 0 Å². The van der Waals surface area contributed by atoms with Gasteiger partial charge in [0.25, 0.3) is 5.91 Å². The van der Waals surface area contributed by atoms with Gasteiger partial charge in [-0.2, -0.15) is 18.4 Å². The van der Waals surface area contributed by atoms with Crippen LogP contribution in [0.2, 0.25) is 0 Å². The van der Waals surface area contributed by atoms with Gasteiger partial charge in [-0.3, -0.25) is 4.79 Å². The second-order valence-corrected chi connectivity index (χ2v) is 5.82. The maximum atomic E-state index is 13.1. The predicted octanol–water partition coefficient (Wildman–Crippen LogP) is 3.84. The molecule has 7 heteroatoms. The average molecular weight is 361 g/mol. The maximum absolute atomic E-state index is 13.1. The van der Waals surface area contributed by atoms with Gasteiger partial charge in [-0.05, 0) is 31.0 Å². The van der Waals surface area contributed by atoms with Gasteiger partial charge in [0, 0.05) is 17.6 Å². The van der Waals surface area contributed by atoms with Gasteiger partial charge < -0.3 is 4.90 Å². The van der Waals surface area contributed by atoms with Crippen molar-refractivity contribution in [2.75, 3.05) is 13.1 Å². The zero-order chi connectivity index (χ0) is 15.6. The zero-order valence-corrected chi connectivity index (χ0v) is 12.5. The second kappa shape index (κ2) is 6.06. The van der Waals surface area contributed by atoms with Crippen molar-refractivity contribution in [2.45, 2.75) is 19.0 Å². The van der Waals surface area contributed by atoms with Crippen LogP contribution in [0.5, 0.6) is 0 Å². The Morgan fingerprint density at radius 1 is 1.43 bits per heavy atom. The van der Waals surface area contributed by atoms with Gasteiger partial charge in [-0.25, -0.2) is 0 Å². The van der Waals surface area contributed by atoms with E-state index in [1.54, 1.807) is 0 Å². The first kappa shape index (κ1) is 15.8. The molecule has 21 heavy (non-hydrogen) atoms. The Balaban J connectivity index is 2.33. The minimum atomic E-state index is -4.60. The minimum Gasteiger partial charge on any atom is -0.337 e. The lowest BCUT2D eigenvalue weighted by molar-refractivity contribution is -0.138. The Morgan fingerprint density at radius 2 is 2.14 bits per heavy atom. The molecule has 0 N–H and O–H groups in total. The average Bonchev–Trinajstić information content (AvgIpc) is 2.45. The van der Waals surface area contributed by atoms with E-state index in [4.69, 9.17) is 5.26 Å². The zero-order valence-electron chi connectivity index (χ0n) is 11.0. The number of likely N-dealkylation sites (tertiary alicyclic amines) is 1. The summed E-state index contributed by atoms with van der Waals surface area (Å²) in [5.41, 5.74) is -1.33. The van der Waals surface area contributed by atoms with Crippen molar-refractivity contribution in [3.05, 3.63) is 33.8 Å².